The summed E-state index contributed by atoms with van der Waals surface area (Å²) >= 11 is 0. The smallest absolute Gasteiger partial charge is 0.318 e. The van der Waals surface area contributed by atoms with Crippen molar-refractivity contribution in [2.75, 3.05) is 37.0 Å². The predicted octanol–water partition coefficient (Wildman–Crippen LogP) is 3.72. The Morgan fingerprint density at radius 2 is 1.81 bits per heavy atom. The molecule has 2 N–H and O–H groups in total. The number of nitrogens with one attached hydrogen (secondary N) is 2. The summed E-state index contributed by atoms with van der Waals surface area (Å²) in [5, 5.41) is 5.21. The van der Waals surface area contributed by atoms with Gasteiger partial charge in [0.2, 0.25) is 0 Å². The first-order valence-electron chi connectivity index (χ1n) is 12.1. The number of carbonyl (C=O) groups is 1. The van der Waals surface area contributed by atoms with Gasteiger partial charge in [-0.05, 0) is 68.3 Å². The van der Waals surface area contributed by atoms with Crippen molar-refractivity contribution >= 4 is 27.4 Å². The first kappa shape index (κ1) is 25.1. The maximum atomic E-state index is 13.7. The molecule has 5 rings (SSSR count). The van der Waals surface area contributed by atoms with Crippen molar-refractivity contribution in [3.63, 3.8) is 0 Å². The second-order valence-corrected chi connectivity index (χ2v) is 11.5. The van der Waals surface area contributed by atoms with E-state index in [1.165, 1.54) is 19.2 Å². The zero-order valence-corrected chi connectivity index (χ0v) is 21.4. The van der Waals surface area contributed by atoms with Gasteiger partial charge in [-0.15, -0.1) is 0 Å². The monoisotopic (exact) mass is 525 g/mol. The maximum absolute atomic E-state index is 13.7. The van der Waals surface area contributed by atoms with Crippen LogP contribution in [-0.4, -0.2) is 57.3 Å². The van der Waals surface area contributed by atoms with Crippen molar-refractivity contribution < 1.29 is 22.3 Å². The quantitative estimate of drug-likeness (QED) is 0.472. The number of carbonyl (C=O) groups excluding carboxylic acids is 1. The van der Waals surface area contributed by atoms with Gasteiger partial charge in [0.15, 0.2) is 15.7 Å². The average molecular weight is 526 g/mol. The molecule has 1 atom stereocenters. The van der Waals surface area contributed by atoms with Crippen molar-refractivity contribution in [3.8, 4) is 11.4 Å². The van der Waals surface area contributed by atoms with E-state index >= 15 is 0 Å². The number of urea groups is 1. The molecule has 0 bridgehead atoms. The van der Waals surface area contributed by atoms with Gasteiger partial charge in [-0.1, -0.05) is 0 Å². The lowest BCUT2D eigenvalue weighted by atomic mass is 10.1. The second-order valence-electron chi connectivity index (χ2n) is 9.29. The topological polar surface area (TPSA) is 114 Å². The lowest BCUT2D eigenvalue weighted by molar-refractivity contribution is 0.0985. The van der Waals surface area contributed by atoms with Crippen LogP contribution in [0.25, 0.3) is 11.4 Å². The highest BCUT2D eigenvalue weighted by molar-refractivity contribution is 7.92. The van der Waals surface area contributed by atoms with Crippen LogP contribution in [0, 0.1) is 5.82 Å². The molecule has 2 heterocycles. The fourth-order valence-electron chi connectivity index (χ4n) is 4.52. The number of benzene rings is 2. The summed E-state index contributed by atoms with van der Waals surface area (Å²) in [5.74, 6) is 0.522. The Bertz CT molecular complexity index is 1410. The molecule has 194 valence electrons. The summed E-state index contributed by atoms with van der Waals surface area (Å²) in [7, 11) is -2.30. The van der Waals surface area contributed by atoms with Gasteiger partial charge in [-0.25, -0.2) is 27.6 Å². The van der Waals surface area contributed by atoms with Gasteiger partial charge in [0.1, 0.15) is 16.4 Å². The standard InChI is InChI=1S/C26H28FN5O4S/c1-17-16-36-14-13-32(17)23-15-22(26(11-12-26)37(34,35)21-9-5-19(27)6-10-21)30-24(31-23)18-3-7-20(8-4-18)29-25(33)28-2/h3-10,15,17H,11-14,16H2,1-2H3,(H2,28,29,33)/t17-/m0/s1. The van der Waals surface area contributed by atoms with E-state index in [9.17, 15) is 17.6 Å². The third-order valence-corrected chi connectivity index (χ3v) is 9.35. The molecular formula is C26H28FN5O4S. The average Bonchev–Trinajstić information content (AvgIpc) is 3.72. The number of aromatic nitrogens is 2. The van der Waals surface area contributed by atoms with Crippen LogP contribution < -0.4 is 15.5 Å². The van der Waals surface area contributed by atoms with Crippen LogP contribution >= 0.6 is 0 Å². The van der Waals surface area contributed by atoms with Crippen molar-refractivity contribution in [1.29, 1.82) is 0 Å². The lowest BCUT2D eigenvalue weighted by Crippen LogP contribution is -2.44. The lowest BCUT2D eigenvalue weighted by Gasteiger charge is -2.34. The van der Waals surface area contributed by atoms with Gasteiger partial charge < -0.3 is 20.3 Å². The number of hydrogen-bond donors (Lipinski definition) is 2. The van der Waals surface area contributed by atoms with Gasteiger partial charge in [-0.3, -0.25) is 0 Å². The molecule has 0 spiro atoms. The van der Waals surface area contributed by atoms with Crippen LogP contribution in [0.15, 0.2) is 59.5 Å². The molecule has 2 aliphatic rings. The molecule has 1 aliphatic carbocycles. The van der Waals surface area contributed by atoms with E-state index in [0.29, 0.717) is 61.2 Å². The zero-order valence-electron chi connectivity index (χ0n) is 20.6. The number of morpholine rings is 1. The molecule has 3 aromatic rings. The highest BCUT2D eigenvalue weighted by Gasteiger charge is 2.58. The van der Waals surface area contributed by atoms with E-state index in [-0.39, 0.29) is 17.0 Å². The third-order valence-electron chi connectivity index (χ3n) is 6.81. The molecule has 1 saturated heterocycles. The molecule has 11 heteroatoms. The molecule has 0 unspecified atom stereocenters. The molecule has 0 radical (unpaired) electrons. The normalized spacial score (nSPS) is 18.8. The summed E-state index contributed by atoms with van der Waals surface area (Å²) in [4.78, 5) is 23.4. The minimum atomic E-state index is -3.83. The highest BCUT2D eigenvalue weighted by Crippen LogP contribution is 2.55. The SMILES string of the molecule is CNC(=O)Nc1ccc(-c2nc(N3CCOC[C@@H]3C)cc(C3(S(=O)(=O)c4ccc(F)cc4)CC3)n2)cc1. The van der Waals surface area contributed by atoms with E-state index in [2.05, 4.69) is 15.5 Å². The summed E-state index contributed by atoms with van der Waals surface area (Å²) in [6, 6.07) is 13.4. The van der Waals surface area contributed by atoms with Gasteiger partial charge in [0, 0.05) is 30.9 Å². The van der Waals surface area contributed by atoms with Gasteiger partial charge in [-0.2, -0.15) is 0 Å². The number of rotatable bonds is 6. The zero-order chi connectivity index (χ0) is 26.2. The number of halogens is 1. The molecule has 1 aliphatic heterocycles. The number of anilines is 2. The fourth-order valence-corrected chi connectivity index (χ4v) is 6.49. The molecular weight excluding hydrogens is 497 g/mol. The number of amides is 2. The van der Waals surface area contributed by atoms with Crippen LogP contribution in [-0.2, 0) is 19.3 Å². The number of nitrogens with zero attached hydrogens (tertiary/aromatic N) is 3. The fraction of sp³-hybridized carbons (Fsp3) is 0.346. The number of ether oxygens (including phenoxy) is 1. The largest absolute Gasteiger partial charge is 0.377 e. The van der Waals surface area contributed by atoms with Crippen molar-refractivity contribution in [3.05, 3.63) is 66.1 Å². The second kappa shape index (κ2) is 9.71. The van der Waals surface area contributed by atoms with E-state index in [1.807, 2.05) is 6.92 Å². The molecule has 37 heavy (non-hydrogen) atoms. The first-order valence-corrected chi connectivity index (χ1v) is 13.6. The van der Waals surface area contributed by atoms with Crippen LogP contribution in [0.4, 0.5) is 20.7 Å². The van der Waals surface area contributed by atoms with E-state index in [4.69, 9.17) is 14.7 Å². The van der Waals surface area contributed by atoms with Crippen LogP contribution in [0.3, 0.4) is 0 Å². The molecule has 9 nitrogen and oxygen atoms in total. The maximum Gasteiger partial charge on any atom is 0.318 e. The van der Waals surface area contributed by atoms with Crippen molar-refractivity contribution in [1.82, 2.24) is 15.3 Å². The van der Waals surface area contributed by atoms with Gasteiger partial charge in [0.25, 0.3) is 0 Å². The van der Waals surface area contributed by atoms with E-state index in [1.54, 1.807) is 30.3 Å². The Hall–Kier alpha value is -3.57. The van der Waals surface area contributed by atoms with Gasteiger partial charge in [0.05, 0.1) is 29.8 Å². The summed E-state index contributed by atoms with van der Waals surface area (Å²) < 4.78 is 45.4. The van der Waals surface area contributed by atoms with Crippen molar-refractivity contribution in [2.45, 2.75) is 35.4 Å². The molecule has 2 amide bonds. The highest BCUT2D eigenvalue weighted by atomic mass is 32.2. The molecule has 1 aromatic heterocycles. The Labute approximate surface area is 215 Å². The Balaban J connectivity index is 1.59. The predicted molar refractivity (Wildman–Crippen MR) is 138 cm³/mol. The third kappa shape index (κ3) is 4.76. The minimum absolute atomic E-state index is 0.0485. The number of hydrogen-bond acceptors (Lipinski definition) is 7. The van der Waals surface area contributed by atoms with Crippen LogP contribution in [0.2, 0.25) is 0 Å². The minimum Gasteiger partial charge on any atom is -0.377 e. The Morgan fingerprint density at radius 3 is 2.43 bits per heavy atom. The van der Waals surface area contributed by atoms with Crippen LogP contribution in [0.5, 0.6) is 0 Å². The van der Waals surface area contributed by atoms with E-state index < -0.39 is 20.4 Å². The molecule has 1 saturated carbocycles. The van der Waals surface area contributed by atoms with Crippen molar-refractivity contribution in [2.24, 2.45) is 0 Å². The summed E-state index contributed by atoms with van der Waals surface area (Å²) in [5.41, 5.74) is 1.70. The first-order chi connectivity index (χ1) is 17.7. The molecule has 2 aromatic carbocycles. The van der Waals surface area contributed by atoms with E-state index in [0.717, 1.165) is 12.1 Å². The van der Waals surface area contributed by atoms with Crippen LogP contribution in [0.1, 0.15) is 25.5 Å². The Morgan fingerprint density at radius 1 is 1.11 bits per heavy atom. The summed E-state index contributed by atoms with van der Waals surface area (Å²) in [6.45, 7) is 3.72. The van der Waals surface area contributed by atoms with Gasteiger partial charge >= 0.3 is 6.03 Å². The summed E-state index contributed by atoms with van der Waals surface area (Å²) in [6.07, 6.45) is 0.826. The molecule has 2 fully saturated rings. The Kier molecular flexibility index (Phi) is 6.59. The number of sulfone groups is 1.